The smallest absolute Gasteiger partial charge is 0.258 e. The lowest BCUT2D eigenvalue weighted by Gasteiger charge is -2.32. The molecule has 2 atom stereocenters. The molecular formula is C20H21Cl2N5O3. The van der Waals surface area contributed by atoms with Gasteiger partial charge in [-0.2, -0.15) is 4.98 Å². The van der Waals surface area contributed by atoms with Crippen LogP contribution in [0.4, 0.5) is 17.5 Å². The first-order chi connectivity index (χ1) is 14.3. The average Bonchev–Trinajstić information content (AvgIpc) is 2.66. The van der Waals surface area contributed by atoms with Gasteiger partial charge in [-0.05, 0) is 37.0 Å². The maximum atomic E-state index is 12.9. The number of benzene rings is 1. The second-order valence-corrected chi connectivity index (χ2v) is 8.67. The third-order valence-electron chi connectivity index (χ3n) is 5.34. The normalized spacial score (nSPS) is 21.0. The molecule has 0 bridgehead atoms. The van der Waals surface area contributed by atoms with Crippen LogP contribution < -0.4 is 21.1 Å². The number of rotatable bonds is 3. The van der Waals surface area contributed by atoms with Gasteiger partial charge in [-0.15, -0.1) is 0 Å². The van der Waals surface area contributed by atoms with E-state index in [1.54, 1.807) is 6.07 Å². The van der Waals surface area contributed by atoms with Gasteiger partial charge in [0.25, 0.3) is 5.56 Å². The Hall–Kier alpha value is -2.58. The molecule has 30 heavy (non-hydrogen) atoms. The van der Waals surface area contributed by atoms with Crippen molar-refractivity contribution in [2.75, 3.05) is 28.6 Å². The summed E-state index contributed by atoms with van der Waals surface area (Å²) in [7, 11) is 0. The molecule has 1 aromatic carbocycles. The number of hydrogen-bond acceptors (Lipinski definition) is 5. The van der Waals surface area contributed by atoms with Gasteiger partial charge in [0, 0.05) is 35.2 Å². The number of piperidine rings is 1. The van der Waals surface area contributed by atoms with E-state index in [9.17, 15) is 14.4 Å². The number of hydrogen-bond donors (Lipinski definition) is 3. The zero-order valence-electron chi connectivity index (χ0n) is 16.3. The minimum atomic E-state index is -0.975. The molecular weight excluding hydrogens is 429 g/mol. The molecule has 2 aliphatic heterocycles. The number of aromatic nitrogens is 2. The van der Waals surface area contributed by atoms with E-state index >= 15 is 0 Å². The molecule has 2 aromatic rings. The van der Waals surface area contributed by atoms with Crippen LogP contribution in [0, 0.1) is 5.92 Å². The highest BCUT2D eigenvalue weighted by atomic mass is 35.5. The molecule has 1 saturated heterocycles. The van der Waals surface area contributed by atoms with Crippen LogP contribution in [-0.2, 0) is 9.59 Å². The Bertz CT molecular complexity index is 1050. The van der Waals surface area contributed by atoms with Gasteiger partial charge in [-0.1, -0.05) is 30.1 Å². The predicted molar refractivity (Wildman–Crippen MR) is 117 cm³/mol. The molecule has 158 valence electrons. The fourth-order valence-electron chi connectivity index (χ4n) is 3.97. The number of carbonyl (C=O) groups is 2. The monoisotopic (exact) mass is 449 g/mol. The molecule has 2 aliphatic rings. The molecule has 3 N–H and O–H groups in total. The van der Waals surface area contributed by atoms with E-state index < -0.39 is 17.4 Å². The van der Waals surface area contributed by atoms with Crippen LogP contribution in [0.5, 0.6) is 0 Å². The SMILES string of the molecule is C[C@@H]1CCCN(c2nc3c(c(=O)[nH]2)[C@@H](C(=O)Nc2cc(Cl)cc(Cl)c2)CC(=O)N3)C1. The van der Waals surface area contributed by atoms with E-state index in [0.29, 0.717) is 27.6 Å². The number of carbonyl (C=O) groups excluding carboxylic acids is 2. The summed E-state index contributed by atoms with van der Waals surface area (Å²) in [5.41, 5.74) is 0.0971. The molecule has 3 heterocycles. The highest BCUT2D eigenvalue weighted by molar-refractivity contribution is 6.35. The van der Waals surface area contributed by atoms with Crippen LogP contribution in [0.15, 0.2) is 23.0 Å². The molecule has 10 heteroatoms. The van der Waals surface area contributed by atoms with Gasteiger partial charge in [0.1, 0.15) is 5.82 Å². The molecule has 1 aromatic heterocycles. The van der Waals surface area contributed by atoms with E-state index in [4.69, 9.17) is 23.2 Å². The number of fused-ring (bicyclic) bond motifs is 1. The van der Waals surface area contributed by atoms with Crippen molar-refractivity contribution in [3.63, 3.8) is 0 Å². The van der Waals surface area contributed by atoms with Gasteiger partial charge in [-0.3, -0.25) is 19.4 Å². The van der Waals surface area contributed by atoms with Gasteiger partial charge in [0.2, 0.25) is 17.8 Å². The summed E-state index contributed by atoms with van der Waals surface area (Å²) >= 11 is 12.0. The standard InChI is InChI=1S/C20H21Cl2N5O3/c1-10-3-2-4-27(9-10)20-25-17-16(19(30)26-20)14(8-15(28)24-17)18(29)23-13-6-11(21)5-12(22)7-13/h5-7,10,14H,2-4,8-9H2,1H3,(H,23,29)(H2,24,25,26,28,30)/t10-,14+/m1/s1. The van der Waals surface area contributed by atoms with Crippen LogP contribution >= 0.6 is 23.2 Å². The number of nitrogens with zero attached hydrogens (tertiary/aromatic N) is 2. The fourth-order valence-corrected chi connectivity index (χ4v) is 4.50. The van der Waals surface area contributed by atoms with Gasteiger partial charge < -0.3 is 15.5 Å². The van der Waals surface area contributed by atoms with Crippen molar-refractivity contribution >= 4 is 52.5 Å². The number of nitrogens with one attached hydrogen (secondary N) is 3. The van der Waals surface area contributed by atoms with Crippen LogP contribution in [0.3, 0.4) is 0 Å². The van der Waals surface area contributed by atoms with Gasteiger partial charge in [-0.25, -0.2) is 0 Å². The summed E-state index contributed by atoms with van der Waals surface area (Å²) < 4.78 is 0. The molecule has 8 nitrogen and oxygen atoms in total. The minimum Gasteiger partial charge on any atom is -0.342 e. The Morgan fingerprint density at radius 3 is 2.67 bits per heavy atom. The molecule has 0 unspecified atom stereocenters. The van der Waals surface area contributed by atoms with Gasteiger partial charge in [0.05, 0.1) is 11.5 Å². The minimum absolute atomic E-state index is 0.132. The zero-order chi connectivity index (χ0) is 21.4. The van der Waals surface area contributed by atoms with E-state index in [1.807, 2.05) is 4.90 Å². The summed E-state index contributed by atoms with van der Waals surface area (Å²) in [5, 5.41) is 6.05. The van der Waals surface area contributed by atoms with Crippen molar-refractivity contribution in [2.45, 2.75) is 32.1 Å². The topological polar surface area (TPSA) is 107 Å². The molecule has 0 saturated carbocycles. The van der Waals surface area contributed by atoms with E-state index in [-0.39, 0.29) is 23.7 Å². The van der Waals surface area contributed by atoms with Crippen molar-refractivity contribution in [3.8, 4) is 0 Å². The number of aromatic amines is 1. The maximum absolute atomic E-state index is 12.9. The summed E-state index contributed by atoms with van der Waals surface area (Å²) in [5.74, 6) is -0.825. The first-order valence-corrected chi connectivity index (χ1v) is 10.5. The zero-order valence-corrected chi connectivity index (χ0v) is 17.8. The lowest BCUT2D eigenvalue weighted by Crippen LogP contribution is -2.40. The van der Waals surface area contributed by atoms with E-state index in [2.05, 4.69) is 27.5 Å². The summed E-state index contributed by atoms with van der Waals surface area (Å²) in [6.45, 7) is 3.70. The summed E-state index contributed by atoms with van der Waals surface area (Å²) in [4.78, 5) is 47.3. The molecule has 0 aliphatic carbocycles. The van der Waals surface area contributed by atoms with E-state index in [0.717, 1.165) is 25.9 Å². The van der Waals surface area contributed by atoms with Crippen LogP contribution in [-0.4, -0.2) is 34.9 Å². The van der Waals surface area contributed by atoms with Gasteiger partial charge >= 0.3 is 0 Å². The van der Waals surface area contributed by atoms with Crippen molar-refractivity contribution in [1.82, 2.24) is 9.97 Å². The number of amides is 2. The second-order valence-electron chi connectivity index (χ2n) is 7.80. The highest BCUT2D eigenvalue weighted by Crippen LogP contribution is 2.31. The first-order valence-electron chi connectivity index (χ1n) is 9.76. The Morgan fingerprint density at radius 1 is 1.23 bits per heavy atom. The molecule has 1 fully saturated rings. The van der Waals surface area contributed by atoms with Crippen LogP contribution in [0.2, 0.25) is 10.0 Å². The summed E-state index contributed by atoms with van der Waals surface area (Å²) in [6.07, 6.45) is 1.97. The van der Waals surface area contributed by atoms with Crippen LogP contribution in [0.1, 0.15) is 37.7 Å². The molecule has 0 radical (unpaired) electrons. The third-order valence-corrected chi connectivity index (χ3v) is 5.78. The average molecular weight is 450 g/mol. The Labute approximate surface area is 183 Å². The van der Waals surface area contributed by atoms with E-state index in [1.165, 1.54) is 12.1 Å². The lowest BCUT2D eigenvalue weighted by molar-refractivity contribution is -0.123. The van der Waals surface area contributed by atoms with Crippen molar-refractivity contribution in [1.29, 1.82) is 0 Å². The molecule has 4 rings (SSSR count). The van der Waals surface area contributed by atoms with Gasteiger partial charge in [0.15, 0.2) is 0 Å². The first kappa shape index (κ1) is 20.7. The molecule has 0 spiro atoms. The Morgan fingerprint density at radius 2 is 1.97 bits per heavy atom. The largest absolute Gasteiger partial charge is 0.342 e. The number of H-pyrrole nitrogens is 1. The third kappa shape index (κ3) is 4.29. The Balaban J connectivity index is 1.65. The second kappa shape index (κ2) is 8.28. The molecule has 2 amide bonds. The van der Waals surface area contributed by atoms with Crippen molar-refractivity contribution < 1.29 is 9.59 Å². The number of anilines is 3. The lowest BCUT2D eigenvalue weighted by atomic mass is 9.92. The Kier molecular flexibility index (Phi) is 5.71. The van der Waals surface area contributed by atoms with Crippen molar-refractivity contribution in [3.05, 3.63) is 44.2 Å². The van der Waals surface area contributed by atoms with Crippen molar-refractivity contribution in [2.24, 2.45) is 5.92 Å². The summed E-state index contributed by atoms with van der Waals surface area (Å²) in [6, 6.07) is 4.62. The fraction of sp³-hybridized carbons (Fsp3) is 0.400. The maximum Gasteiger partial charge on any atom is 0.258 e. The predicted octanol–water partition coefficient (Wildman–Crippen LogP) is 3.38. The highest BCUT2D eigenvalue weighted by Gasteiger charge is 2.35. The number of halogens is 2. The quantitative estimate of drug-likeness (QED) is 0.665. The van der Waals surface area contributed by atoms with Crippen LogP contribution in [0.25, 0.3) is 0 Å².